The third-order valence-electron chi connectivity index (χ3n) is 3.18. The van der Waals surface area contributed by atoms with E-state index in [0.717, 1.165) is 41.9 Å². The van der Waals surface area contributed by atoms with Gasteiger partial charge in [-0.05, 0) is 26.2 Å². The molecule has 0 spiro atoms. The number of ether oxygens (including phenoxy) is 2. The molecule has 22 heavy (non-hydrogen) atoms. The lowest BCUT2D eigenvalue weighted by Crippen LogP contribution is -2.21. The van der Waals surface area contributed by atoms with Gasteiger partial charge in [-0.1, -0.05) is 0 Å². The zero-order valence-electron chi connectivity index (χ0n) is 12.7. The topological polar surface area (TPSA) is 71.5 Å². The molecular formula is C15H19N5O2. The first-order valence-corrected chi connectivity index (χ1v) is 7.08. The Balaban J connectivity index is 1.65. The standard InChI is InChI=1S/C15H19N5O2/c1-20(2)6-5-16-14-8-15(18-9-17-14)19-11-3-4-12-13(7-11)22-10-21-12/h3-4,7-9H,5-6,10H2,1-2H3,(H2,16,17,18,19). The van der Waals surface area contributed by atoms with E-state index in [9.17, 15) is 0 Å². The molecule has 2 N–H and O–H groups in total. The minimum atomic E-state index is 0.270. The van der Waals surface area contributed by atoms with Crippen LogP contribution in [0.3, 0.4) is 0 Å². The van der Waals surface area contributed by atoms with Crippen LogP contribution in [0.1, 0.15) is 0 Å². The van der Waals surface area contributed by atoms with Gasteiger partial charge in [-0.2, -0.15) is 0 Å². The van der Waals surface area contributed by atoms with E-state index in [1.807, 2.05) is 38.4 Å². The third kappa shape index (κ3) is 3.56. The SMILES string of the molecule is CN(C)CCNc1cc(Nc2ccc3c(c2)OCO3)ncn1. The van der Waals surface area contributed by atoms with Crippen LogP contribution in [0.5, 0.6) is 11.5 Å². The largest absolute Gasteiger partial charge is 0.454 e. The van der Waals surface area contributed by atoms with E-state index in [0.29, 0.717) is 0 Å². The lowest BCUT2D eigenvalue weighted by atomic mass is 10.3. The van der Waals surface area contributed by atoms with Crippen molar-refractivity contribution >= 4 is 17.3 Å². The fraction of sp³-hybridized carbons (Fsp3) is 0.333. The summed E-state index contributed by atoms with van der Waals surface area (Å²) in [5.74, 6) is 3.02. The Labute approximate surface area is 129 Å². The summed E-state index contributed by atoms with van der Waals surface area (Å²) in [6.45, 7) is 2.04. The number of anilines is 3. The second kappa shape index (κ2) is 6.48. The first-order chi connectivity index (χ1) is 10.7. The number of likely N-dealkylation sites (N-methyl/N-ethyl adjacent to an activating group) is 1. The molecule has 2 aromatic rings. The van der Waals surface area contributed by atoms with Crippen LogP contribution < -0.4 is 20.1 Å². The maximum absolute atomic E-state index is 5.36. The molecule has 0 atom stereocenters. The number of fused-ring (bicyclic) bond motifs is 1. The summed E-state index contributed by atoms with van der Waals surface area (Å²) in [6, 6.07) is 7.57. The van der Waals surface area contributed by atoms with Gasteiger partial charge in [0.25, 0.3) is 0 Å². The predicted octanol–water partition coefficient (Wildman–Crippen LogP) is 1.92. The van der Waals surface area contributed by atoms with Gasteiger partial charge in [-0.3, -0.25) is 0 Å². The zero-order valence-corrected chi connectivity index (χ0v) is 12.7. The van der Waals surface area contributed by atoms with Crippen molar-refractivity contribution in [1.29, 1.82) is 0 Å². The summed E-state index contributed by atoms with van der Waals surface area (Å²) in [5.41, 5.74) is 0.891. The maximum atomic E-state index is 5.36. The number of nitrogens with zero attached hydrogens (tertiary/aromatic N) is 3. The molecule has 0 unspecified atom stereocenters. The highest BCUT2D eigenvalue weighted by Gasteiger charge is 2.13. The highest BCUT2D eigenvalue weighted by atomic mass is 16.7. The zero-order chi connectivity index (χ0) is 15.4. The molecule has 1 aliphatic rings. The molecule has 116 valence electrons. The van der Waals surface area contributed by atoms with Crippen LogP contribution in [-0.4, -0.2) is 48.8 Å². The first-order valence-electron chi connectivity index (χ1n) is 7.08. The van der Waals surface area contributed by atoms with Crippen molar-refractivity contribution in [1.82, 2.24) is 14.9 Å². The van der Waals surface area contributed by atoms with Crippen molar-refractivity contribution in [2.45, 2.75) is 0 Å². The Bertz CT molecular complexity index is 648. The average Bonchev–Trinajstić information content (AvgIpc) is 2.95. The molecule has 0 saturated carbocycles. The summed E-state index contributed by atoms with van der Waals surface area (Å²) in [4.78, 5) is 10.5. The van der Waals surface area contributed by atoms with Gasteiger partial charge in [0, 0.05) is 30.9 Å². The maximum Gasteiger partial charge on any atom is 0.231 e. The minimum Gasteiger partial charge on any atom is -0.454 e. The molecule has 1 aliphatic heterocycles. The van der Waals surface area contributed by atoms with Gasteiger partial charge in [-0.15, -0.1) is 0 Å². The number of hydrogen-bond donors (Lipinski definition) is 2. The fourth-order valence-corrected chi connectivity index (χ4v) is 2.05. The van der Waals surface area contributed by atoms with E-state index in [4.69, 9.17) is 9.47 Å². The van der Waals surface area contributed by atoms with Crippen LogP contribution in [-0.2, 0) is 0 Å². The van der Waals surface area contributed by atoms with Gasteiger partial charge in [0.05, 0.1) is 0 Å². The molecule has 0 bridgehead atoms. The quantitative estimate of drug-likeness (QED) is 0.844. The first kappa shape index (κ1) is 14.4. The Morgan fingerprint density at radius 2 is 1.91 bits per heavy atom. The molecular weight excluding hydrogens is 282 g/mol. The van der Waals surface area contributed by atoms with Gasteiger partial charge in [0.1, 0.15) is 18.0 Å². The van der Waals surface area contributed by atoms with Gasteiger partial charge in [0.15, 0.2) is 11.5 Å². The summed E-state index contributed by atoms with van der Waals surface area (Å²) in [7, 11) is 4.07. The van der Waals surface area contributed by atoms with Crippen LogP contribution in [0, 0.1) is 0 Å². The van der Waals surface area contributed by atoms with Crippen LogP contribution in [0.15, 0.2) is 30.6 Å². The number of nitrogens with one attached hydrogen (secondary N) is 2. The van der Waals surface area contributed by atoms with Crippen LogP contribution in [0.2, 0.25) is 0 Å². The second-order valence-electron chi connectivity index (χ2n) is 5.21. The van der Waals surface area contributed by atoms with Crippen molar-refractivity contribution in [2.75, 3.05) is 44.6 Å². The number of rotatable bonds is 6. The van der Waals surface area contributed by atoms with Crippen LogP contribution >= 0.6 is 0 Å². The molecule has 0 fully saturated rings. The van der Waals surface area contributed by atoms with Crippen LogP contribution in [0.25, 0.3) is 0 Å². The Morgan fingerprint density at radius 3 is 2.77 bits per heavy atom. The van der Waals surface area contributed by atoms with Gasteiger partial charge in [0.2, 0.25) is 6.79 Å². The Kier molecular flexibility index (Phi) is 4.24. The average molecular weight is 301 g/mol. The van der Waals surface area contributed by atoms with E-state index in [1.54, 1.807) is 0 Å². The summed E-state index contributed by atoms with van der Waals surface area (Å²) < 4.78 is 10.7. The van der Waals surface area contributed by atoms with Crippen molar-refractivity contribution in [2.24, 2.45) is 0 Å². The van der Waals surface area contributed by atoms with Crippen molar-refractivity contribution in [3.05, 3.63) is 30.6 Å². The third-order valence-corrected chi connectivity index (χ3v) is 3.18. The number of benzene rings is 1. The predicted molar refractivity (Wildman–Crippen MR) is 84.9 cm³/mol. The van der Waals surface area contributed by atoms with Gasteiger partial charge in [-0.25, -0.2) is 9.97 Å². The van der Waals surface area contributed by atoms with Crippen molar-refractivity contribution in [3.63, 3.8) is 0 Å². The molecule has 0 saturated heterocycles. The Hall–Kier alpha value is -2.54. The molecule has 3 rings (SSSR count). The highest BCUT2D eigenvalue weighted by Crippen LogP contribution is 2.34. The van der Waals surface area contributed by atoms with E-state index in [1.165, 1.54) is 6.33 Å². The Morgan fingerprint density at radius 1 is 1.09 bits per heavy atom. The monoisotopic (exact) mass is 301 g/mol. The summed E-state index contributed by atoms with van der Waals surface area (Å²) in [5, 5.41) is 6.50. The molecule has 2 heterocycles. The highest BCUT2D eigenvalue weighted by molar-refractivity contribution is 5.63. The molecule has 0 amide bonds. The molecule has 7 heteroatoms. The second-order valence-corrected chi connectivity index (χ2v) is 5.21. The minimum absolute atomic E-state index is 0.270. The summed E-state index contributed by atoms with van der Waals surface area (Å²) >= 11 is 0. The lowest BCUT2D eigenvalue weighted by Gasteiger charge is -2.11. The van der Waals surface area contributed by atoms with Crippen LogP contribution in [0.4, 0.5) is 17.3 Å². The fourth-order valence-electron chi connectivity index (χ4n) is 2.05. The lowest BCUT2D eigenvalue weighted by molar-refractivity contribution is 0.174. The molecule has 1 aromatic carbocycles. The molecule has 0 radical (unpaired) electrons. The molecule has 1 aromatic heterocycles. The van der Waals surface area contributed by atoms with E-state index in [2.05, 4.69) is 25.5 Å². The van der Waals surface area contributed by atoms with Crippen molar-refractivity contribution < 1.29 is 9.47 Å². The number of hydrogen-bond acceptors (Lipinski definition) is 7. The van der Waals surface area contributed by atoms with E-state index < -0.39 is 0 Å². The van der Waals surface area contributed by atoms with Gasteiger partial charge >= 0.3 is 0 Å². The smallest absolute Gasteiger partial charge is 0.231 e. The van der Waals surface area contributed by atoms with Gasteiger partial charge < -0.3 is 25.0 Å². The molecule has 0 aliphatic carbocycles. The van der Waals surface area contributed by atoms with E-state index >= 15 is 0 Å². The normalized spacial score (nSPS) is 12.5. The summed E-state index contributed by atoms with van der Waals surface area (Å²) in [6.07, 6.45) is 1.54. The molecule has 7 nitrogen and oxygen atoms in total. The number of aromatic nitrogens is 2. The van der Waals surface area contributed by atoms with E-state index in [-0.39, 0.29) is 6.79 Å². The van der Waals surface area contributed by atoms with Crippen molar-refractivity contribution in [3.8, 4) is 11.5 Å².